The van der Waals surface area contributed by atoms with Crippen molar-refractivity contribution in [2.24, 2.45) is 0 Å². The molecule has 0 saturated heterocycles. The zero-order valence-electron chi connectivity index (χ0n) is 10.2. The summed E-state index contributed by atoms with van der Waals surface area (Å²) < 4.78 is 1.04. The Kier molecular flexibility index (Phi) is 5.32. The Morgan fingerprint density at radius 1 is 1.35 bits per heavy atom. The minimum atomic E-state index is 0.684. The molecule has 0 spiro atoms. The van der Waals surface area contributed by atoms with Crippen LogP contribution in [-0.4, -0.2) is 22.5 Å². The molecule has 2 rings (SSSR count). The van der Waals surface area contributed by atoms with E-state index in [0.717, 1.165) is 22.0 Å². The topological polar surface area (TPSA) is 24.9 Å². The smallest absolute Gasteiger partial charge is 0.0542 e. The second-order valence-electron chi connectivity index (χ2n) is 4.56. The molecule has 94 valence electrons. The molecule has 0 atom stereocenters. The molecule has 1 aliphatic rings. The van der Waals surface area contributed by atoms with Gasteiger partial charge in [0.25, 0.3) is 0 Å². The molecule has 0 radical (unpaired) electrons. The quantitative estimate of drug-likeness (QED) is 0.919. The Morgan fingerprint density at radius 3 is 2.71 bits per heavy atom. The van der Waals surface area contributed by atoms with E-state index in [0.29, 0.717) is 6.04 Å². The lowest BCUT2D eigenvalue weighted by molar-refractivity contribution is 0.377. The fourth-order valence-electron chi connectivity index (χ4n) is 2.26. The van der Waals surface area contributed by atoms with Crippen molar-refractivity contribution in [1.29, 1.82) is 0 Å². The van der Waals surface area contributed by atoms with Crippen molar-refractivity contribution in [1.82, 2.24) is 10.3 Å². The second-order valence-corrected chi connectivity index (χ2v) is 6.61. The van der Waals surface area contributed by atoms with Crippen molar-refractivity contribution in [2.45, 2.75) is 43.5 Å². The highest BCUT2D eigenvalue weighted by molar-refractivity contribution is 9.10. The predicted molar refractivity (Wildman–Crippen MR) is 78.3 cm³/mol. The molecule has 1 fully saturated rings. The van der Waals surface area contributed by atoms with E-state index < -0.39 is 0 Å². The van der Waals surface area contributed by atoms with Gasteiger partial charge in [0.15, 0.2) is 0 Å². The normalized spacial score (nSPS) is 24.8. The first-order chi connectivity index (χ1) is 8.28. The van der Waals surface area contributed by atoms with Gasteiger partial charge in [-0.25, -0.2) is 0 Å². The Morgan fingerprint density at radius 2 is 2.12 bits per heavy atom. The van der Waals surface area contributed by atoms with Crippen molar-refractivity contribution in [3.05, 3.63) is 28.5 Å². The van der Waals surface area contributed by atoms with Crippen molar-refractivity contribution >= 4 is 27.7 Å². The van der Waals surface area contributed by atoms with E-state index in [-0.39, 0.29) is 0 Å². The number of aromatic nitrogens is 1. The summed E-state index contributed by atoms with van der Waals surface area (Å²) in [5, 5.41) is 4.50. The molecule has 0 aliphatic heterocycles. The lowest BCUT2D eigenvalue weighted by Gasteiger charge is -2.28. The molecule has 0 amide bonds. The van der Waals surface area contributed by atoms with Crippen LogP contribution in [0.4, 0.5) is 0 Å². The number of thioether (sulfide) groups is 1. The average Bonchev–Trinajstić information content (AvgIpc) is 2.39. The van der Waals surface area contributed by atoms with Gasteiger partial charge in [0.1, 0.15) is 0 Å². The first-order valence-electron chi connectivity index (χ1n) is 6.14. The van der Waals surface area contributed by atoms with Crippen LogP contribution in [0, 0.1) is 0 Å². The van der Waals surface area contributed by atoms with Gasteiger partial charge in [-0.05, 0) is 60.0 Å². The zero-order chi connectivity index (χ0) is 12.1. The molecule has 0 bridgehead atoms. The number of rotatable bonds is 4. The Bertz CT molecular complexity index is 334. The molecule has 1 aromatic rings. The molecule has 1 saturated carbocycles. The maximum absolute atomic E-state index is 4.38. The first kappa shape index (κ1) is 13.4. The van der Waals surface area contributed by atoms with E-state index in [4.69, 9.17) is 0 Å². The lowest BCUT2D eigenvalue weighted by atomic mass is 9.95. The molecule has 2 nitrogen and oxygen atoms in total. The summed E-state index contributed by atoms with van der Waals surface area (Å²) in [6.07, 6.45) is 9.41. The minimum Gasteiger partial charge on any atom is -0.308 e. The minimum absolute atomic E-state index is 0.684. The fourth-order valence-corrected chi connectivity index (χ4v) is 3.24. The van der Waals surface area contributed by atoms with Crippen molar-refractivity contribution in [3.63, 3.8) is 0 Å². The van der Waals surface area contributed by atoms with Crippen molar-refractivity contribution < 1.29 is 0 Å². The van der Waals surface area contributed by atoms with Gasteiger partial charge in [0, 0.05) is 28.5 Å². The number of pyridine rings is 1. The number of nitrogens with zero attached hydrogens (tertiary/aromatic N) is 1. The van der Waals surface area contributed by atoms with Crippen LogP contribution in [0.3, 0.4) is 0 Å². The van der Waals surface area contributed by atoms with Gasteiger partial charge in [0.2, 0.25) is 0 Å². The predicted octanol–water partition coefficient (Wildman–Crippen LogP) is 3.61. The molecular weight excluding hydrogens is 296 g/mol. The third-order valence-electron chi connectivity index (χ3n) is 3.37. The van der Waals surface area contributed by atoms with Crippen LogP contribution in [0.15, 0.2) is 22.8 Å². The third-order valence-corrected chi connectivity index (χ3v) is 4.98. The van der Waals surface area contributed by atoms with E-state index in [1.807, 2.05) is 18.0 Å². The van der Waals surface area contributed by atoms with E-state index in [1.165, 1.54) is 25.7 Å². The number of nitrogens with one attached hydrogen (secondary N) is 1. The highest BCUT2D eigenvalue weighted by Crippen LogP contribution is 2.26. The van der Waals surface area contributed by atoms with Crippen LogP contribution in [0.5, 0.6) is 0 Å². The van der Waals surface area contributed by atoms with Crippen LogP contribution in [0.2, 0.25) is 0 Å². The molecule has 1 N–H and O–H groups in total. The number of hydrogen-bond donors (Lipinski definition) is 1. The summed E-state index contributed by atoms with van der Waals surface area (Å²) in [6, 6.07) is 4.81. The first-order valence-corrected chi connectivity index (χ1v) is 8.22. The highest BCUT2D eigenvalue weighted by Gasteiger charge is 2.19. The van der Waals surface area contributed by atoms with Gasteiger partial charge in [-0.1, -0.05) is 0 Å². The van der Waals surface area contributed by atoms with E-state index in [2.05, 4.69) is 44.6 Å². The molecule has 4 heteroatoms. The summed E-state index contributed by atoms with van der Waals surface area (Å²) in [4.78, 5) is 4.38. The lowest BCUT2D eigenvalue weighted by Crippen LogP contribution is -2.33. The Balaban J connectivity index is 1.74. The molecule has 0 aromatic carbocycles. The maximum Gasteiger partial charge on any atom is 0.0542 e. The molecule has 1 heterocycles. The Hall–Kier alpha value is -0.0600. The summed E-state index contributed by atoms with van der Waals surface area (Å²) in [5.41, 5.74) is 1.13. The summed E-state index contributed by atoms with van der Waals surface area (Å²) in [5.74, 6) is 0. The number of hydrogen-bond acceptors (Lipinski definition) is 3. The fraction of sp³-hybridized carbons (Fsp3) is 0.615. The van der Waals surface area contributed by atoms with Crippen LogP contribution in [-0.2, 0) is 6.54 Å². The molecule has 0 unspecified atom stereocenters. The van der Waals surface area contributed by atoms with Crippen molar-refractivity contribution in [2.75, 3.05) is 6.26 Å². The second kappa shape index (κ2) is 6.76. The van der Waals surface area contributed by atoms with E-state index in [1.54, 1.807) is 0 Å². The van der Waals surface area contributed by atoms with Gasteiger partial charge in [0.05, 0.1) is 5.69 Å². The highest BCUT2D eigenvalue weighted by atomic mass is 79.9. The Labute approximate surface area is 116 Å². The van der Waals surface area contributed by atoms with E-state index in [9.17, 15) is 0 Å². The number of halogens is 1. The van der Waals surface area contributed by atoms with Gasteiger partial charge >= 0.3 is 0 Å². The van der Waals surface area contributed by atoms with Crippen LogP contribution < -0.4 is 5.32 Å². The summed E-state index contributed by atoms with van der Waals surface area (Å²) in [7, 11) is 0. The SMILES string of the molecule is CSC1CCC(NCc2ccc(Br)cn2)CC1. The zero-order valence-corrected chi connectivity index (χ0v) is 12.6. The van der Waals surface area contributed by atoms with Gasteiger partial charge in [-0.15, -0.1) is 0 Å². The molecule has 1 aromatic heterocycles. The monoisotopic (exact) mass is 314 g/mol. The standard InChI is InChI=1S/C13H19BrN2S/c1-17-13-6-4-11(5-7-13)16-9-12-3-2-10(14)8-15-12/h2-3,8,11,13,16H,4-7,9H2,1H3. The van der Waals surface area contributed by atoms with Gasteiger partial charge < -0.3 is 5.32 Å². The average molecular weight is 315 g/mol. The van der Waals surface area contributed by atoms with Gasteiger partial charge in [-0.2, -0.15) is 11.8 Å². The largest absolute Gasteiger partial charge is 0.308 e. The van der Waals surface area contributed by atoms with Crippen LogP contribution in [0.25, 0.3) is 0 Å². The maximum atomic E-state index is 4.38. The molecular formula is C13H19BrN2S. The molecule has 17 heavy (non-hydrogen) atoms. The summed E-state index contributed by atoms with van der Waals surface area (Å²) in [6.45, 7) is 0.891. The summed E-state index contributed by atoms with van der Waals surface area (Å²) >= 11 is 5.42. The molecule has 1 aliphatic carbocycles. The van der Waals surface area contributed by atoms with Crippen molar-refractivity contribution in [3.8, 4) is 0 Å². The van der Waals surface area contributed by atoms with E-state index >= 15 is 0 Å². The van der Waals surface area contributed by atoms with Crippen LogP contribution in [0.1, 0.15) is 31.4 Å². The van der Waals surface area contributed by atoms with Crippen LogP contribution >= 0.6 is 27.7 Å². The third kappa shape index (κ3) is 4.27. The van der Waals surface area contributed by atoms with Gasteiger partial charge in [-0.3, -0.25) is 4.98 Å².